The van der Waals surface area contributed by atoms with Gasteiger partial charge in [-0.1, -0.05) is 15.9 Å². The van der Waals surface area contributed by atoms with E-state index in [2.05, 4.69) is 15.9 Å². The maximum absolute atomic E-state index is 13.0. The van der Waals surface area contributed by atoms with E-state index in [1.807, 2.05) is 0 Å². The van der Waals surface area contributed by atoms with E-state index in [4.69, 9.17) is 5.73 Å². The van der Waals surface area contributed by atoms with E-state index in [0.717, 1.165) is 6.07 Å². The Balaban J connectivity index is 2.69. The van der Waals surface area contributed by atoms with E-state index in [-0.39, 0.29) is 6.42 Å². The average molecular weight is 300 g/mol. The Kier molecular flexibility index (Phi) is 4.32. The number of rotatable bonds is 3. The number of hydrogen-bond donors (Lipinski definition) is 1. The highest BCUT2D eigenvalue weighted by atomic mass is 79.9. The van der Waals surface area contributed by atoms with Crippen molar-refractivity contribution in [1.29, 1.82) is 0 Å². The second-order valence-electron chi connectivity index (χ2n) is 3.46. The molecule has 0 aromatic heterocycles. The lowest BCUT2D eigenvalue weighted by atomic mass is 10.0. The van der Waals surface area contributed by atoms with E-state index in [1.165, 1.54) is 12.1 Å². The van der Waals surface area contributed by atoms with Crippen LogP contribution in [0.2, 0.25) is 0 Å². The first kappa shape index (κ1) is 13.4. The van der Waals surface area contributed by atoms with Gasteiger partial charge in [0.1, 0.15) is 5.82 Å². The predicted molar refractivity (Wildman–Crippen MR) is 56.3 cm³/mol. The molecule has 1 aromatic rings. The van der Waals surface area contributed by atoms with Gasteiger partial charge in [-0.25, -0.2) is 4.39 Å². The molecule has 2 N–H and O–H groups in total. The van der Waals surface area contributed by atoms with Gasteiger partial charge in [0.15, 0.2) is 0 Å². The lowest BCUT2D eigenvalue weighted by molar-refractivity contribution is -0.136. The molecule has 0 aliphatic carbocycles. The van der Waals surface area contributed by atoms with Crippen molar-refractivity contribution in [3.63, 3.8) is 0 Å². The fourth-order valence-corrected chi connectivity index (χ4v) is 1.76. The molecule has 0 spiro atoms. The quantitative estimate of drug-likeness (QED) is 0.841. The van der Waals surface area contributed by atoms with Crippen LogP contribution in [0.25, 0.3) is 0 Å². The first-order valence-corrected chi connectivity index (χ1v) is 5.35. The summed E-state index contributed by atoms with van der Waals surface area (Å²) < 4.78 is 49.3. The SMILES string of the molecule is NC(CCC(F)(F)F)c1cc(F)cc(Br)c1. The number of halogens is 5. The minimum atomic E-state index is -4.23. The molecule has 90 valence electrons. The molecule has 0 saturated carbocycles. The van der Waals surface area contributed by atoms with Crippen molar-refractivity contribution in [2.45, 2.75) is 25.1 Å². The van der Waals surface area contributed by atoms with Crippen LogP contribution in [0.5, 0.6) is 0 Å². The summed E-state index contributed by atoms with van der Waals surface area (Å²) in [5.74, 6) is -0.521. The fourth-order valence-electron chi connectivity index (χ4n) is 1.28. The van der Waals surface area contributed by atoms with Gasteiger partial charge in [-0.2, -0.15) is 13.2 Å². The summed E-state index contributed by atoms with van der Waals surface area (Å²) in [4.78, 5) is 0. The highest BCUT2D eigenvalue weighted by Crippen LogP contribution is 2.27. The Hall–Kier alpha value is -0.620. The maximum atomic E-state index is 13.0. The summed E-state index contributed by atoms with van der Waals surface area (Å²) in [6.45, 7) is 0. The summed E-state index contributed by atoms with van der Waals surface area (Å²) in [7, 11) is 0. The molecule has 1 nitrogen and oxygen atoms in total. The van der Waals surface area contributed by atoms with Crippen LogP contribution < -0.4 is 5.73 Å². The van der Waals surface area contributed by atoms with E-state index < -0.39 is 24.5 Å². The Morgan fingerprint density at radius 1 is 1.25 bits per heavy atom. The molecule has 0 radical (unpaired) electrons. The molecule has 1 unspecified atom stereocenters. The molecular formula is C10H10BrF4N. The van der Waals surface area contributed by atoms with Crippen LogP contribution >= 0.6 is 15.9 Å². The van der Waals surface area contributed by atoms with Gasteiger partial charge in [-0.15, -0.1) is 0 Å². The lowest BCUT2D eigenvalue weighted by Crippen LogP contribution is -2.16. The van der Waals surface area contributed by atoms with Crippen LogP contribution in [0, 0.1) is 5.82 Å². The van der Waals surface area contributed by atoms with Crippen LogP contribution in [0.1, 0.15) is 24.4 Å². The monoisotopic (exact) mass is 299 g/mol. The molecule has 0 fully saturated rings. The molecule has 0 aliphatic rings. The van der Waals surface area contributed by atoms with Gasteiger partial charge in [0.2, 0.25) is 0 Å². The Morgan fingerprint density at radius 3 is 2.38 bits per heavy atom. The minimum Gasteiger partial charge on any atom is -0.324 e. The van der Waals surface area contributed by atoms with Crippen molar-refractivity contribution < 1.29 is 17.6 Å². The van der Waals surface area contributed by atoms with Crippen molar-refractivity contribution >= 4 is 15.9 Å². The Bertz CT molecular complexity index is 344. The van der Waals surface area contributed by atoms with E-state index in [9.17, 15) is 17.6 Å². The largest absolute Gasteiger partial charge is 0.389 e. The van der Waals surface area contributed by atoms with Crippen molar-refractivity contribution in [2.75, 3.05) is 0 Å². The maximum Gasteiger partial charge on any atom is 0.389 e. The second kappa shape index (κ2) is 5.14. The third-order valence-corrected chi connectivity index (χ3v) is 2.51. The van der Waals surface area contributed by atoms with Crippen LogP contribution in [0.4, 0.5) is 17.6 Å². The third kappa shape index (κ3) is 4.49. The van der Waals surface area contributed by atoms with E-state index in [1.54, 1.807) is 0 Å². The summed E-state index contributed by atoms with van der Waals surface area (Å²) in [6, 6.07) is 3.07. The molecule has 16 heavy (non-hydrogen) atoms. The first-order valence-electron chi connectivity index (χ1n) is 4.56. The molecule has 0 aliphatic heterocycles. The van der Waals surface area contributed by atoms with Crippen LogP contribution in [0.15, 0.2) is 22.7 Å². The van der Waals surface area contributed by atoms with Gasteiger partial charge >= 0.3 is 6.18 Å². The Morgan fingerprint density at radius 2 is 1.88 bits per heavy atom. The molecule has 1 atom stereocenters. The molecule has 1 rings (SSSR count). The van der Waals surface area contributed by atoms with Gasteiger partial charge in [-0.05, 0) is 30.2 Å². The summed E-state index contributed by atoms with van der Waals surface area (Å²) >= 11 is 3.05. The number of alkyl halides is 3. The Labute approximate surface area is 98.8 Å². The van der Waals surface area contributed by atoms with E-state index in [0.29, 0.717) is 10.0 Å². The normalized spacial score (nSPS) is 13.9. The highest BCUT2D eigenvalue weighted by molar-refractivity contribution is 9.10. The zero-order chi connectivity index (χ0) is 12.3. The minimum absolute atomic E-state index is 0.251. The lowest BCUT2D eigenvalue weighted by Gasteiger charge is -2.14. The van der Waals surface area contributed by atoms with Gasteiger partial charge in [0, 0.05) is 16.9 Å². The predicted octanol–water partition coefficient (Wildman–Crippen LogP) is 3.93. The summed E-state index contributed by atoms with van der Waals surface area (Å²) in [6.07, 6.45) is -5.45. The molecule has 0 heterocycles. The van der Waals surface area contributed by atoms with Gasteiger partial charge < -0.3 is 5.73 Å². The topological polar surface area (TPSA) is 26.0 Å². The molecule has 0 bridgehead atoms. The summed E-state index contributed by atoms with van der Waals surface area (Å²) in [5.41, 5.74) is 5.91. The van der Waals surface area contributed by atoms with Crippen molar-refractivity contribution in [3.05, 3.63) is 34.1 Å². The van der Waals surface area contributed by atoms with Gasteiger partial charge in [0.05, 0.1) is 0 Å². The van der Waals surface area contributed by atoms with Crippen LogP contribution in [-0.4, -0.2) is 6.18 Å². The third-order valence-electron chi connectivity index (χ3n) is 2.05. The molecule has 1 aromatic carbocycles. The van der Waals surface area contributed by atoms with Crippen LogP contribution in [0.3, 0.4) is 0 Å². The highest BCUT2D eigenvalue weighted by Gasteiger charge is 2.27. The summed E-state index contributed by atoms with van der Waals surface area (Å²) in [5, 5.41) is 0. The van der Waals surface area contributed by atoms with Crippen molar-refractivity contribution in [2.24, 2.45) is 5.73 Å². The van der Waals surface area contributed by atoms with Crippen LogP contribution in [-0.2, 0) is 0 Å². The van der Waals surface area contributed by atoms with Crippen molar-refractivity contribution in [1.82, 2.24) is 0 Å². The van der Waals surface area contributed by atoms with Gasteiger partial charge in [-0.3, -0.25) is 0 Å². The molecular weight excluding hydrogens is 290 g/mol. The molecule has 6 heteroatoms. The number of nitrogens with two attached hydrogens (primary N) is 1. The van der Waals surface area contributed by atoms with Gasteiger partial charge in [0.25, 0.3) is 0 Å². The molecule has 0 saturated heterocycles. The molecule has 0 amide bonds. The second-order valence-corrected chi connectivity index (χ2v) is 4.38. The number of hydrogen-bond acceptors (Lipinski definition) is 1. The average Bonchev–Trinajstić information content (AvgIpc) is 2.11. The van der Waals surface area contributed by atoms with E-state index >= 15 is 0 Å². The standard InChI is InChI=1S/C10H10BrF4N/c11-7-3-6(4-8(12)5-7)9(16)1-2-10(13,14)15/h3-5,9H,1-2,16H2. The first-order chi connectivity index (χ1) is 7.28. The van der Waals surface area contributed by atoms with Crippen molar-refractivity contribution in [3.8, 4) is 0 Å². The fraction of sp³-hybridized carbons (Fsp3) is 0.400. The smallest absolute Gasteiger partial charge is 0.324 e. The zero-order valence-corrected chi connectivity index (χ0v) is 9.78. The number of benzene rings is 1. The zero-order valence-electron chi connectivity index (χ0n) is 8.19.